The first-order valence-corrected chi connectivity index (χ1v) is 6.54. The van der Waals surface area contributed by atoms with Gasteiger partial charge in [0.2, 0.25) is 0 Å². The van der Waals surface area contributed by atoms with Gasteiger partial charge in [-0.15, -0.1) is 0 Å². The summed E-state index contributed by atoms with van der Waals surface area (Å²) in [6.45, 7) is 0.0441. The van der Waals surface area contributed by atoms with Gasteiger partial charge in [-0.05, 0) is 42.3 Å². The highest BCUT2D eigenvalue weighted by atomic mass is 19.1. The van der Waals surface area contributed by atoms with E-state index in [0.29, 0.717) is 6.42 Å². The number of rotatable bonds is 4. The van der Waals surface area contributed by atoms with Gasteiger partial charge in [0.15, 0.2) is 0 Å². The topological polar surface area (TPSA) is 49.2 Å². The van der Waals surface area contributed by atoms with Crippen LogP contribution in [0.4, 0.5) is 4.39 Å². The van der Waals surface area contributed by atoms with Crippen LogP contribution in [0.1, 0.15) is 11.7 Å². The average Bonchev–Trinajstić information content (AvgIpc) is 3.10. The van der Waals surface area contributed by atoms with Crippen molar-refractivity contribution in [2.24, 2.45) is 0 Å². The Hall–Kier alpha value is -2.11. The number of aliphatic hydroxyl groups is 1. The third kappa shape index (κ3) is 2.33. The van der Waals surface area contributed by atoms with Gasteiger partial charge >= 0.3 is 0 Å². The van der Waals surface area contributed by atoms with Crippen molar-refractivity contribution in [1.29, 1.82) is 0 Å². The summed E-state index contributed by atoms with van der Waals surface area (Å²) in [4.78, 5) is 0. The lowest BCUT2D eigenvalue weighted by Crippen LogP contribution is -2.28. The van der Waals surface area contributed by atoms with Crippen molar-refractivity contribution in [2.45, 2.75) is 12.6 Å². The molecule has 0 saturated carbocycles. The molecule has 3 N–H and O–H groups in total. The molecule has 0 saturated heterocycles. The number of hydrogen-bond acceptors (Lipinski definition) is 3. The van der Waals surface area contributed by atoms with Gasteiger partial charge in [-0.1, -0.05) is 6.07 Å². The zero-order chi connectivity index (χ0) is 13.9. The van der Waals surface area contributed by atoms with E-state index >= 15 is 0 Å². The molecule has 20 heavy (non-hydrogen) atoms. The molecule has 1 aromatic carbocycles. The smallest absolute Gasteiger partial charge is 0.123 e. The molecule has 1 atom stereocenters. The van der Waals surface area contributed by atoms with Gasteiger partial charge in [0.05, 0.1) is 5.69 Å². The quantitative estimate of drug-likeness (QED) is 0.798. The molecule has 1 aromatic heterocycles. The number of hydrazine groups is 1. The maximum absolute atomic E-state index is 13.6. The lowest BCUT2D eigenvalue weighted by atomic mass is 10.0. The minimum atomic E-state index is -0.275. The van der Waals surface area contributed by atoms with Gasteiger partial charge in [0.25, 0.3) is 0 Å². The first-order valence-electron chi connectivity index (χ1n) is 6.54. The largest absolute Gasteiger partial charge is 0.396 e. The Morgan fingerprint density at radius 3 is 2.95 bits per heavy atom. The van der Waals surface area contributed by atoms with Crippen LogP contribution in [-0.4, -0.2) is 16.3 Å². The standard InChI is InChI=1S/C15H16FN3O/c16-12-4-3-11(6-9-20)13(10-12)14-2-1-8-19(14)15-5-7-17-18-15/h1-5,7-8,10,15,17-18,20H,6,9H2/t15-/m0/s1. The van der Waals surface area contributed by atoms with E-state index in [1.807, 2.05) is 35.2 Å². The Morgan fingerprint density at radius 2 is 2.20 bits per heavy atom. The van der Waals surface area contributed by atoms with Gasteiger partial charge < -0.3 is 15.1 Å². The molecule has 0 aliphatic carbocycles. The summed E-state index contributed by atoms with van der Waals surface area (Å²) in [7, 11) is 0. The minimum Gasteiger partial charge on any atom is -0.396 e. The summed E-state index contributed by atoms with van der Waals surface area (Å²) in [5.41, 5.74) is 8.68. The van der Waals surface area contributed by atoms with Crippen LogP contribution in [0.3, 0.4) is 0 Å². The molecule has 5 heteroatoms. The summed E-state index contributed by atoms with van der Waals surface area (Å²) in [6.07, 6.45) is 6.25. The Morgan fingerprint density at radius 1 is 1.30 bits per heavy atom. The van der Waals surface area contributed by atoms with E-state index in [0.717, 1.165) is 16.8 Å². The van der Waals surface area contributed by atoms with Crippen LogP contribution in [0, 0.1) is 5.82 Å². The number of benzene rings is 1. The fraction of sp³-hybridized carbons (Fsp3) is 0.200. The highest BCUT2D eigenvalue weighted by Gasteiger charge is 2.16. The first kappa shape index (κ1) is 12.9. The molecule has 2 heterocycles. The number of nitrogens with zero attached hydrogens (tertiary/aromatic N) is 1. The van der Waals surface area contributed by atoms with Crippen LogP contribution in [0.5, 0.6) is 0 Å². The van der Waals surface area contributed by atoms with Crippen molar-refractivity contribution in [2.75, 3.05) is 6.61 Å². The minimum absolute atomic E-state index is 0.00903. The number of halogens is 1. The highest BCUT2D eigenvalue weighted by molar-refractivity contribution is 5.65. The predicted octanol–water partition coefficient (Wildman–Crippen LogP) is 1.95. The Kier molecular flexibility index (Phi) is 3.54. The van der Waals surface area contributed by atoms with Crippen molar-refractivity contribution >= 4 is 0 Å². The second-order valence-electron chi connectivity index (χ2n) is 4.67. The van der Waals surface area contributed by atoms with E-state index in [-0.39, 0.29) is 18.6 Å². The van der Waals surface area contributed by atoms with Gasteiger partial charge in [-0.25, -0.2) is 9.82 Å². The van der Waals surface area contributed by atoms with Crippen molar-refractivity contribution in [3.05, 3.63) is 60.2 Å². The van der Waals surface area contributed by atoms with Crippen molar-refractivity contribution in [1.82, 2.24) is 15.4 Å². The number of hydrogen-bond donors (Lipinski definition) is 3. The van der Waals surface area contributed by atoms with Crippen LogP contribution >= 0.6 is 0 Å². The molecule has 4 nitrogen and oxygen atoms in total. The summed E-state index contributed by atoms with van der Waals surface area (Å²) >= 11 is 0. The van der Waals surface area contributed by atoms with E-state index in [2.05, 4.69) is 10.9 Å². The van der Waals surface area contributed by atoms with E-state index < -0.39 is 0 Å². The van der Waals surface area contributed by atoms with Gasteiger partial charge in [-0.2, -0.15) is 0 Å². The van der Waals surface area contributed by atoms with Gasteiger partial charge in [0.1, 0.15) is 12.0 Å². The van der Waals surface area contributed by atoms with Crippen LogP contribution in [0.15, 0.2) is 48.8 Å². The molecular weight excluding hydrogens is 257 g/mol. The van der Waals surface area contributed by atoms with Gasteiger partial charge in [0, 0.05) is 24.6 Å². The second-order valence-corrected chi connectivity index (χ2v) is 4.67. The lowest BCUT2D eigenvalue weighted by Gasteiger charge is -2.17. The predicted molar refractivity (Wildman–Crippen MR) is 75.1 cm³/mol. The van der Waals surface area contributed by atoms with E-state index in [1.54, 1.807) is 6.07 Å². The number of aromatic nitrogens is 1. The molecule has 0 fully saturated rings. The maximum atomic E-state index is 13.6. The SMILES string of the molecule is OCCc1ccc(F)cc1-c1cccn1[C@H]1C=CNN1. The van der Waals surface area contributed by atoms with E-state index in [1.165, 1.54) is 12.1 Å². The second kappa shape index (κ2) is 5.48. The van der Waals surface area contributed by atoms with Crippen molar-refractivity contribution in [3.8, 4) is 11.3 Å². The Labute approximate surface area is 116 Å². The zero-order valence-corrected chi connectivity index (χ0v) is 10.9. The summed E-state index contributed by atoms with van der Waals surface area (Å²) in [6, 6.07) is 8.55. The molecule has 104 valence electrons. The molecule has 1 aliphatic rings. The number of aliphatic hydroxyl groups excluding tert-OH is 1. The molecule has 0 bridgehead atoms. The normalized spacial score (nSPS) is 17.4. The van der Waals surface area contributed by atoms with Crippen LogP contribution < -0.4 is 10.9 Å². The Bertz CT molecular complexity index is 636. The highest BCUT2D eigenvalue weighted by Crippen LogP contribution is 2.28. The fourth-order valence-electron chi connectivity index (χ4n) is 2.47. The molecule has 0 amide bonds. The number of nitrogens with one attached hydrogen (secondary N) is 2. The molecular formula is C15H16FN3O. The lowest BCUT2D eigenvalue weighted by molar-refractivity contribution is 0.299. The van der Waals surface area contributed by atoms with Crippen LogP contribution in [0.25, 0.3) is 11.3 Å². The van der Waals surface area contributed by atoms with Crippen LogP contribution in [-0.2, 0) is 6.42 Å². The fourth-order valence-corrected chi connectivity index (χ4v) is 2.47. The van der Waals surface area contributed by atoms with Crippen molar-refractivity contribution < 1.29 is 9.50 Å². The summed E-state index contributed by atoms with van der Waals surface area (Å²) < 4.78 is 15.6. The molecule has 2 aromatic rings. The zero-order valence-electron chi connectivity index (χ0n) is 10.9. The summed E-state index contributed by atoms with van der Waals surface area (Å²) in [5, 5.41) is 9.16. The Balaban J connectivity index is 2.06. The maximum Gasteiger partial charge on any atom is 0.123 e. The van der Waals surface area contributed by atoms with E-state index in [9.17, 15) is 4.39 Å². The molecule has 0 radical (unpaired) electrons. The third-order valence-electron chi connectivity index (χ3n) is 3.40. The van der Waals surface area contributed by atoms with Crippen LogP contribution in [0.2, 0.25) is 0 Å². The molecule has 3 rings (SSSR count). The molecule has 1 aliphatic heterocycles. The summed E-state index contributed by atoms with van der Waals surface area (Å²) in [5.74, 6) is -0.275. The molecule has 0 unspecified atom stereocenters. The third-order valence-corrected chi connectivity index (χ3v) is 3.40. The van der Waals surface area contributed by atoms with Gasteiger partial charge in [-0.3, -0.25) is 0 Å². The molecule has 0 spiro atoms. The van der Waals surface area contributed by atoms with Crippen molar-refractivity contribution in [3.63, 3.8) is 0 Å². The average molecular weight is 273 g/mol. The van der Waals surface area contributed by atoms with E-state index in [4.69, 9.17) is 5.11 Å². The monoisotopic (exact) mass is 273 g/mol. The first-order chi connectivity index (χ1) is 9.79.